The number of hydrogen-bond acceptors (Lipinski definition) is 2. The van der Waals surface area contributed by atoms with Gasteiger partial charge in [0.05, 0.1) is 5.02 Å². The second-order valence-electron chi connectivity index (χ2n) is 5.93. The van der Waals surface area contributed by atoms with Gasteiger partial charge in [0, 0.05) is 16.3 Å². The Morgan fingerprint density at radius 1 is 0.720 bits per heavy atom. The molecule has 4 aromatic carbocycles. The molecule has 0 unspecified atom stereocenters. The van der Waals surface area contributed by atoms with Crippen molar-refractivity contribution in [3.8, 4) is 11.5 Å². The van der Waals surface area contributed by atoms with Crippen molar-refractivity contribution < 1.29 is 4.42 Å². The lowest BCUT2D eigenvalue weighted by Crippen LogP contribution is -1.80. The molecule has 0 fully saturated rings. The Morgan fingerprint density at radius 3 is 2.28 bits per heavy atom. The number of aromatic nitrogens is 1. The molecule has 0 N–H and O–H groups in total. The van der Waals surface area contributed by atoms with Crippen molar-refractivity contribution in [1.82, 2.24) is 4.98 Å². The van der Waals surface area contributed by atoms with E-state index in [-0.39, 0.29) is 0 Å². The molecule has 0 saturated carbocycles. The van der Waals surface area contributed by atoms with Crippen LogP contribution in [0.1, 0.15) is 0 Å². The molecule has 1 aromatic heterocycles. The lowest BCUT2D eigenvalue weighted by molar-refractivity contribution is 0.620. The molecule has 0 aliphatic heterocycles. The summed E-state index contributed by atoms with van der Waals surface area (Å²) < 4.78 is 6.00. The van der Waals surface area contributed by atoms with Gasteiger partial charge in [0.1, 0.15) is 10.5 Å². The van der Waals surface area contributed by atoms with Gasteiger partial charge in [0.2, 0.25) is 5.89 Å². The highest BCUT2D eigenvalue weighted by atomic mass is 35.5. The third-order valence-corrected chi connectivity index (χ3v) is 5.28. The Hall–Kier alpha value is -2.55. The quantitative estimate of drug-likeness (QED) is 0.317. The summed E-state index contributed by atoms with van der Waals surface area (Å²) in [5.74, 6) is 0.537. The number of benzene rings is 4. The minimum atomic E-state index is 0.398. The fourth-order valence-corrected chi connectivity index (χ4v) is 3.68. The Bertz CT molecular complexity index is 1270. The lowest BCUT2D eigenvalue weighted by atomic mass is 10.1. The van der Waals surface area contributed by atoms with E-state index in [9.17, 15) is 0 Å². The molecule has 120 valence electrons. The van der Waals surface area contributed by atoms with Gasteiger partial charge < -0.3 is 4.42 Å². The van der Waals surface area contributed by atoms with E-state index in [2.05, 4.69) is 24.3 Å². The molecule has 0 spiro atoms. The van der Waals surface area contributed by atoms with Gasteiger partial charge >= 0.3 is 0 Å². The standard InChI is InChI=1S/C21H11Cl2NO/c22-17-15-7-3-4-8-16(15)19-20(18(17)23)25-21(24-19)14-10-9-12-5-1-2-6-13(12)11-14/h1-11H. The third-order valence-electron chi connectivity index (χ3n) is 4.43. The van der Waals surface area contributed by atoms with E-state index in [0.29, 0.717) is 21.5 Å². The normalized spacial score (nSPS) is 11.6. The number of hydrogen-bond donors (Lipinski definition) is 0. The highest BCUT2D eigenvalue weighted by Crippen LogP contribution is 2.40. The third kappa shape index (κ3) is 2.22. The van der Waals surface area contributed by atoms with Crippen LogP contribution in [0.4, 0.5) is 0 Å². The van der Waals surface area contributed by atoms with Gasteiger partial charge in [-0.3, -0.25) is 0 Å². The first-order valence-corrected chi connectivity index (χ1v) is 8.63. The number of fused-ring (bicyclic) bond motifs is 4. The number of nitrogens with zero attached hydrogens (tertiary/aromatic N) is 1. The van der Waals surface area contributed by atoms with E-state index < -0.39 is 0 Å². The minimum Gasteiger partial charge on any atom is -0.434 e. The molecule has 25 heavy (non-hydrogen) atoms. The van der Waals surface area contributed by atoms with Crippen LogP contribution in [0.5, 0.6) is 0 Å². The molecule has 0 aliphatic carbocycles. The second kappa shape index (κ2) is 5.48. The van der Waals surface area contributed by atoms with Gasteiger partial charge in [-0.2, -0.15) is 0 Å². The smallest absolute Gasteiger partial charge is 0.227 e. The summed E-state index contributed by atoms with van der Waals surface area (Å²) in [5.41, 5.74) is 2.16. The lowest BCUT2D eigenvalue weighted by Gasteiger charge is -2.02. The van der Waals surface area contributed by atoms with Crippen LogP contribution in [-0.2, 0) is 0 Å². The first-order valence-electron chi connectivity index (χ1n) is 7.88. The van der Waals surface area contributed by atoms with E-state index in [1.54, 1.807) is 0 Å². The average Bonchev–Trinajstić information content (AvgIpc) is 3.11. The van der Waals surface area contributed by atoms with E-state index in [0.717, 1.165) is 27.2 Å². The van der Waals surface area contributed by atoms with Crippen LogP contribution < -0.4 is 0 Å². The molecule has 4 heteroatoms. The Labute approximate surface area is 153 Å². The summed E-state index contributed by atoms with van der Waals surface area (Å²) in [6.07, 6.45) is 0. The van der Waals surface area contributed by atoms with Crippen molar-refractivity contribution in [3.05, 3.63) is 76.8 Å². The fourth-order valence-electron chi connectivity index (χ4n) is 3.20. The molecular weight excluding hydrogens is 353 g/mol. The van der Waals surface area contributed by atoms with Gasteiger partial charge in [0.25, 0.3) is 0 Å². The van der Waals surface area contributed by atoms with Gasteiger partial charge in [-0.1, -0.05) is 77.8 Å². The Balaban J connectivity index is 1.82. The van der Waals surface area contributed by atoms with Crippen molar-refractivity contribution in [2.75, 3.05) is 0 Å². The molecule has 5 aromatic rings. The maximum atomic E-state index is 6.44. The topological polar surface area (TPSA) is 26.0 Å². The van der Waals surface area contributed by atoms with Crippen molar-refractivity contribution in [3.63, 3.8) is 0 Å². The molecule has 0 aliphatic rings. The van der Waals surface area contributed by atoms with Crippen molar-refractivity contribution in [2.45, 2.75) is 0 Å². The summed E-state index contributed by atoms with van der Waals surface area (Å²) in [5, 5.41) is 5.01. The summed E-state index contributed by atoms with van der Waals surface area (Å²) in [7, 11) is 0. The van der Waals surface area contributed by atoms with E-state index in [1.807, 2.05) is 42.5 Å². The second-order valence-corrected chi connectivity index (χ2v) is 6.69. The molecule has 0 atom stereocenters. The van der Waals surface area contributed by atoms with Crippen LogP contribution in [0.2, 0.25) is 10.0 Å². The zero-order valence-electron chi connectivity index (χ0n) is 13.0. The molecule has 0 bridgehead atoms. The van der Waals surface area contributed by atoms with Crippen molar-refractivity contribution in [2.24, 2.45) is 0 Å². The number of oxazole rings is 1. The van der Waals surface area contributed by atoms with Crippen LogP contribution in [0.3, 0.4) is 0 Å². The van der Waals surface area contributed by atoms with Gasteiger partial charge in [-0.05, 0) is 22.9 Å². The highest BCUT2D eigenvalue weighted by Gasteiger charge is 2.18. The van der Waals surface area contributed by atoms with Crippen LogP contribution in [0, 0.1) is 0 Å². The first kappa shape index (κ1) is 14.8. The molecule has 2 nitrogen and oxygen atoms in total. The molecular formula is C21H11Cl2NO. The molecule has 0 amide bonds. The minimum absolute atomic E-state index is 0.398. The molecule has 0 radical (unpaired) electrons. The number of halogens is 2. The zero-order valence-corrected chi connectivity index (χ0v) is 14.5. The van der Waals surface area contributed by atoms with E-state index >= 15 is 0 Å². The monoisotopic (exact) mass is 363 g/mol. The highest BCUT2D eigenvalue weighted by molar-refractivity contribution is 6.48. The predicted octanol–water partition coefficient (Wildman–Crippen LogP) is 7.11. The van der Waals surface area contributed by atoms with Gasteiger partial charge in [-0.25, -0.2) is 4.98 Å². The number of rotatable bonds is 1. The van der Waals surface area contributed by atoms with Gasteiger partial charge in [-0.15, -0.1) is 0 Å². The Morgan fingerprint density at radius 2 is 1.44 bits per heavy atom. The molecule has 1 heterocycles. The SMILES string of the molecule is Clc1c(Cl)c2oc(-c3ccc4ccccc4c3)nc2c2ccccc12. The summed E-state index contributed by atoms with van der Waals surface area (Å²) in [4.78, 5) is 4.71. The summed E-state index contributed by atoms with van der Waals surface area (Å²) in [6.45, 7) is 0. The predicted molar refractivity (Wildman–Crippen MR) is 104 cm³/mol. The molecule has 0 saturated heterocycles. The summed E-state index contributed by atoms with van der Waals surface area (Å²) in [6, 6.07) is 22.1. The van der Waals surface area contributed by atoms with E-state index in [4.69, 9.17) is 32.6 Å². The van der Waals surface area contributed by atoms with Crippen LogP contribution in [-0.4, -0.2) is 4.98 Å². The van der Waals surface area contributed by atoms with Crippen LogP contribution >= 0.6 is 23.2 Å². The van der Waals surface area contributed by atoms with Crippen molar-refractivity contribution >= 4 is 55.8 Å². The first-order chi connectivity index (χ1) is 12.2. The average molecular weight is 364 g/mol. The van der Waals surface area contributed by atoms with Gasteiger partial charge in [0.15, 0.2) is 5.58 Å². The maximum Gasteiger partial charge on any atom is 0.227 e. The zero-order chi connectivity index (χ0) is 17.0. The van der Waals surface area contributed by atoms with Crippen molar-refractivity contribution in [1.29, 1.82) is 0 Å². The largest absolute Gasteiger partial charge is 0.434 e. The van der Waals surface area contributed by atoms with Crippen LogP contribution in [0.15, 0.2) is 71.1 Å². The Kier molecular flexibility index (Phi) is 3.24. The summed E-state index contributed by atoms with van der Waals surface area (Å²) >= 11 is 12.9. The fraction of sp³-hybridized carbons (Fsp3) is 0. The van der Waals surface area contributed by atoms with E-state index in [1.165, 1.54) is 5.39 Å². The van der Waals surface area contributed by atoms with Crippen LogP contribution in [0.25, 0.3) is 44.1 Å². The molecule has 5 rings (SSSR count). The maximum absolute atomic E-state index is 6.44.